The van der Waals surface area contributed by atoms with Crippen LogP contribution in [0.5, 0.6) is 0 Å². The predicted molar refractivity (Wildman–Crippen MR) is 132 cm³/mol. The fourth-order valence-corrected chi connectivity index (χ4v) is 4.64. The fourth-order valence-electron chi connectivity index (χ4n) is 4.64. The minimum Gasteiger partial charge on any atom is -0.463 e. The van der Waals surface area contributed by atoms with Crippen molar-refractivity contribution in [2.24, 2.45) is 11.8 Å². The highest BCUT2D eigenvalue weighted by molar-refractivity contribution is 5.93. The van der Waals surface area contributed by atoms with Crippen LogP contribution in [0.15, 0.2) is 18.5 Å². The Hall–Kier alpha value is -3.07. The molecule has 200 valence electrons. The maximum Gasteiger partial charge on any atom is 0.309 e. The molecule has 0 aliphatic carbocycles. The van der Waals surface area contributed by atoms with Crippen LogP contribution in [0.3, 0.4) is 0 Å². The summed E-state index contributed by atoms with van der Waals surface area (Å²) in [7, 11) is 0. The minimum atomic E-state index is -1.61. The fraction of sp³-hybridized carbons (Fsp3) is 0.654. The maximum absolute atomic E-state index is 12.5. The van der Waals surface area contributed by atoms with E-state index in [0.717, 1.165) is 12.8 Å². The summed E-state index contributed by atoms with van der Waals surface area (Å²) >= 11 is 0. The number of hydrogen-bond acceptors (Lipinski definition) is 9. The molecule has 11 heteroatoms. The highest BCUT2D eigenvalue weighted by Gasteiger charge is 2.65. The number of unbranched alkanes of at least 4 members (excludes halogenated alkanes) is 1. The van der Waals surface area contributed by atoms with Gasteiger partial charge in [0.15, 0.2) is 11.6 Å². The number of amides is 1. The lowest BCUT2D eigenvalue weighted by atomic mass is 9.92. The van der Waals surface area contributed by atoms with Crippen molar-refractivity contribution in [3.8, 4) is 6.07 Å². The van der Waals surface area contributed by atoms with Gasteiger partial charge in [0.1, 0.15) is 42.8 Å². The molecule has 1 amide bonds. The van der Waals surface area contributed by atoms with Gasteiger partial charge in [0.25, 0.3) is 0 Å². The van der Waals surface area contributed by atoms with Gasteiger partial charge in [-0.1, -0.05) is 34.1 Å². The molecule has 2 fully saturated rings. The number of aromatic nitrogens is 3. The van der Waals surface area contributed by atoms with Gasteiger partial charge in [-0.15, -0.1) is 0 Å². The molecule has 2 saturated heterocycles. The van der Waals surface area contributed by atoms with Crippen molar-refractivity contribution in [3.63, 3.8) is 0 Å². The molecule has 37 heavy (non-hydrogen) atoms. The standard InChI is InChI=1S/C26H35N5O6/c1-7-8-9-20(32)30-23-17-10-11-19(31(17)29-14-28-23)26(13-27)22-21(36-25(5,6)37-22)18(35-26)12-34-24(33)16(4)15(2)3/h10-11,14-16,18,21-22H,7-9,12H2,1-6H3,(H,28,29,30,32)/t16-,18+,21+,22+,26-/m0/s1. The first-order chi connectivity index (χ1) is 17.5. The smallest absolute Gasteiger partial charge is 0.309 e. The van der Waals surface area contributed by atoms with Gasteiger partial charge in [-0.2, -0.15) is 10.4 Å². The number of hydrogen-bond donors (Lipinski definition) is 1. The van der Waals surface area contributed by atoms with Gasteiger partial charge in [-0.25, -0.2) is 9.50 Å². The number of carbonyl (C=O) groups is 2. The number of anilines is 1. The van der Waals surface area contributed by atoms with E-state index in [1.807, 2.05) is 27.7 Å². The molecule has 2 aromatic rings. The van der Waals surface area contributed by atoms with Crippen LogP contribution in [0.4, 0.5) is 5.82 Å². The number of rotatable bonds is 9. The molecule has 0 bridgehead atoms. The molecule has 0 saturated carbocycles. The molecular formula is C26H35N5O6. The van der Waals surface area contributed by atoms with Crippen LogP contribution in [-0.4, -0.2) is 57.2 Å². The zero-order valence-corrected chi connectivity index (χ0v) is 22.2. The molecule has 5 atom stereocenters. The highest BCUT2D eigenvalue weighted by Crippen LogP contribution is 2.49. The summed E-state index contributed by atoms with van der Waals surface area (Å²) in [6, 6.07) is 5.72. The zero-order valence-electron chi connectivity index (χ0n) is 22.2. The first-order valence-electron chi connectivity index (χ1n) is 12.8. The van der Waals surface area contributed by atoms with Gasteiger partial charge in [0.05, 0.1) is 11.6 Å². The number of ether oxygens (including phenoxy) is 4. The summed E-state index contributed by atoms with van der Waals surface area (Å²) < 4.78 is 25.7. The molecule has 0 unspecified atom stereocenters. The number of esters is 1. The van der Waals surface area contributed by atoms with Crippen LogP contribution < -0.4 is 5.32 Å². The summed E-state index contributed by atoms with van der Waals surface area (Å²) in [6.07, 6.45) is 1.15. The van der Waals surface area contributed by atoms with Crippen LogP contribution in [0.25, 0.3) is 5.52 Å². The van der Waals surface area contributed by atoms with Gasteiger partial charge in [-0.05, 0) is 38.3 Å². The van der Waals surface area contributed by atoms with E-state index in [2.05, 4.69) is 21.5 Å². The van der Waals surface area contributed by atoms with E-state index in [0.29, 0.717) is 23.4 Å². The van der Waals surface area contributed by atoms with Gasteiger partial charge in [0, 0.05) is 6.42 Å². The quantitative estimate of drug-likeness (QED) is 0.500. The number of nitrogens with one attached hydrogen (secondary N) is 1. The summed E-state index contributed by atoms with van der Waals surface area (Å²) in [5, 5.41) is 17.7. The van der Waals surface area contributed by atoms with E-state index < -0.39 is 29.7 Å². The van der Waals surface area contributed by atoms with Gasteiger partial charge >= 0.3 is 5.97 Å². The molecular weight excluding hydrogens is 478 g/mol. The normalized spacial score (nSPS) is 27.1. The molecule has 0 spiro atoms. The molecule has 2 aliphatic rings. The number of nitriles is 1. The molecule has 4 heterocycles. The maximum atomic E-state index is 12.5. The van der Waals surface area contributed by atoms with Gasteiger partial charge in [-0.3, -0.25) is 9.59 Å². The topological polar surface area (TPSA) is 137 Å². The average molecular weight is 514 g/mol. The van der Waals surface area contributed by atoms with Crippen LogP contribution >= 0.6 is 0 Å². The minimum absolute atomic E-state index is 0.0864. The number of nitrogens with zero attached hydrogens (tertiary/aromatic N) is 4. The Morgan fingerprint density at radius 3 is 2.68 bits per heavy atom. The van der Waals surface area contributed by atoms with E-state index in [1.165, 1.54) is 10.8 Å². The Bertz CT molecular complexity index is 1200. The molecule has 2 aromatic heterocycles. The van der Waals surface area contributed by atoms with E-state index >= 15 is 0 Å². The summed E-state index contributed by atoms with van der Waals surface area (Å²) in [5.41, 5.74) is -0.697. The first-order valence-corrected chi connectivity index (χ1v) is 12.8. The summed E-state index contributed by atoms with van der Waals surface area (Å²) in [4.78, 5) is 29.1. The molecule has 1 N–H and O–H groups in total. The van der Waals surface area contributed by atoms with E-state index in [4.69, 9.17) is 18.9 Å². The third kappa shape index (κ3) is 5.06. The summed E-state index contributed by atoms with van der Waals surface area (Å²) in [6.45, 7) is 11.2. The Morgan fingerprint density at radius 2 is 2.00 bits per heavy atom. The molecule has 2 aliphatic heterocycles. The third-order valence-electron chi connectivity index (χ3n) is 7.01. The van der Waals surface area contributed by atoms with Crippen molar-refractivity contribution in [2.45, 2.75) is 90.5 Å². The lowest BCUT2D eigenvalue weighted by molar-refractivity contribution is -0.207. The number of carbonyl (C=O) groups excluding carboxylic acids is 2. The van der Waals surface area contributed by atoms with Gasteiger partial charge < -0.3 is 24.3 Å². The Balaban J connectivity index is 1.66. The molecule has 11 nitrogen and oxygen atoms in total. The van der Waals surface area contributed by atoms with Crippen LogP contribution in [-0.2, 0) is 34.1 Å². The zero-order chi connectivity index (χ0) is 27.0. The monoisotopic (exact) mass is 513 g/mol. The van der Waals surface area contributed by atoms with Crippen molar-refractivity contribution in [1.82, 2.24) is 14.6 Å². The highest BCUT2D eigenvalue weighted by atomic mass is 16.8. The van der Waals surface area contributed by atoms with E-state index in [1.54, 1.807) is 26.0 Å². The Kier molecular flexibility index (Phi) is 7.55. The molecule has 4 rings (SSSR count). The van der Waals surface area contributed by atoms with Crippen LogP contribution in [0, 0.1) is 23.2 Å². The average Bonchev–Trinajstić information content (AvgIpc) is 3.51. The SMILES string of the molecule is CCCCC(=O)Nc1ncnn2c([C@]3(C#N)O[C@H](COC(=O)[C@@H](C)C(C)C)[C@H]4OC(C)(C)O[C@H]43)ccc12. The number of fused-ring (bicyclic) bond motifs is 2. The van der Waals surface area contributed by atoms with Crippen molar-refractivity contribution >= 4 is 23.2 Å². The van der Waals surface area contributed by atoms with Crippen molar-refractivity contribution in [3.05, 3.63) is 24.2 Å². The lowest BCUT2D eigenvalue weighted by Crippen LogP contribution is -2.40. The second-order valence-electron chi connectivity index (χ2n) is 10.5. The van der Waals surface area contributed by atoms with E-state index in [-0.39, 0.29) is 30.3 Å². The van der Waals surface area contributed by atoms with Crippen molar-refractivity contribution < 1.29 is 28.5 Å². The second-order valence-corrected chi connectivity index (χ2v) is 10.5. The van der Waals surface area contributed by atoms with Crippen molar-refractivity contribution in [2.75, 3.05) is 11.9 Å². The van der Waals surface area contributed by atoms with E-state index in [9.17, 15) is 14.9 Å². The summed E-state index contributed by atoms with van der Waals surface area (Å²) in [5.74, 6) is -1.29. The first kappa shape index (κ1) is 27.0. The molecule has 0 radical (unpaired) electrons. The van der Waals surface area contributed by atoms with Gasteiger partial charge in [0.2, 0.25) is 11.5 Å². The van der Waals surface area contributed by atoms with Crippen LogP contribution in [0.2, 0.25) is 0 Å². The third-order valence-corrected chi connectivity index (χ3v) is 7.01. The van der Waals surface area contributed by atoms with Crippen molar-refractivity contribution in [1.29, 1.82) is 5.26 Å². The van der Waals surface area contributed by atoms with Crippen LogP contribution in [0.1, 0.15) is 66.5 Å². The molecule has 0 aromatic carbocycles. The Morgan fingerprint density at radius 1 is 1.24 bits per heavy atom. The second kappa shape index (κ2) is 10.4. The largest absolute Gasteiger partial charge is 0.463 e. The predicted octanol–water partition coefficient (Wildman–Crippen LogP) is 3.33. The lowest BCUT2D eigenvalue weighted by Gasteiger charge is -2.29. The Labute approximate surface area is 216 Å².